The molecule has 0 aromatic rings. The highest BCUT2D eigenvalue weighted by Gasteiger charge is 2.13. The van der Waals surface area contributed by atoms with Gasteiger partial charge >= 0.3 is 0 Å². The van der Waals surface area contributed by atoms with E-state index in [-0.39, 0.29) is 6.04 Å². The van der Waals surface area contributed by atoms with Crippen molar-refractivity contribution in [2.45, 2.75) is 51.5 Å². The molecule has 0 amide bonds. The lowest BCUT2D eigenvalue weighted by Gasteiger charge is -2.05. The van der Waals surface area contributed by atoms with E-state index in [0.29, 0.717) is 0 Å². The molecule has 0 aromatic heterocycles. The van der Waals surface area contributed by atoms with Crippen LogP contribution in [0.25, 0.3) is 0 Å². The third-order valence-corrected chi connectivity index (χ3v) is 2.66. The second-order valence-electron chi connectivity index (χ2n) is 4.02. The summed E-state index contributed by atoms with van der Waals surface area (Å²) in [5.74, 6) is 1.02. The Balaban J connectivity index is 2.01. The summed E-state index contributed by atoms with van der Waals surface area (Å²) in [6, 6.07) is 0.230. The highest BCUT2D eigenvalue weighted by Crippen LogP contribution is 2.28. The molecule has 0 spiro atoms. The number of rotatable bonds is 4. The molecule has 0 radical (unpaired) electrons. The molecule has 1 saturated carbocycles. The van der Waals surface area contributed by atoms with Gasteiger partial charge in [0, 0.05) is 6.04 Å². The average Bonchev–Trinajstić information content (AvgIpc) is 2.49. The van der Waals surface area contributed by atoms with Gasteiger partial charge in [-0.3, -0.25) is 0 Å². The Hall–Kier alpha value is -0.300. The monoisotopic (exact) mass is 167 g/mol. The van der Waals surface area contributed by atoms with E-state index in [1.165, 1.54) is 38.5 Å². The standard InChI is InChI=1S/C11H21N/c1-10(12)6-2-3-7-11-8-4-5-9-11/h2,6,10-11H,3-5,7-9,12H2,1H3/b6-2+. The summed E-state index contributed by atoms with van der Waals surface area (Å²) in [6.45, 7) is 2.02. The lowest BCUT2D eigenvalue weighted by Crippen LogP contribution is -2.10. The Bertz CT molecular complexity index is 132. The third-order valence-electron chi connectivity index (χ3n) is 2.66. The van der Waals surface area contributed by atoms with Crippen molar-refractivity contribution in [2.24, 2.45) is 11.7 Å². The first-order valence-electron chi connectivity index (χ1n) is 5.21. The first kappa shape index (κ1) is 9.79. The summed E-state index contributed by atoms with van der Waals surface area (Å²) in [7, 11) is 0. The minimum Gasteiger partial charge on any atom is -0.325 e. The quantitative estimate of drug-likeness (QED) is 0.640. The molecular formula is C11H21N. The summed E-state index contributed by atoms with van der Waals surface area (Å²) in [5.41, 5.74) is 5.60. The third kappa shape index (κ3) is 3.91. The van der Waals surface area contributed by atoms with Gasteiger partial charge in [-0.1, -0.05) is 37.8 Å². The van der Waals surface area contributed by atoms with E-state index < -0.39 is 0 Å². The molecule has 0 bridgehead atoms. The van der Waals surface area contributed by atoms with Crippen LogP contribution in [0.15, 0.2) is 12.2 Å². The Kier molecular flexibility index (Phi) is 4.37. The zero-order valence-corrected chi connectivity index (χ0v) is 8.13. The summed E-state index contributed by atoms with van der Waals surface area (Å²) in [4.78, 5) is 0. The maximum absolute atomic E-state index is 5.60. The molecule has 1 aliphatic rings. The molecule has 70 valence electrons. The number of allylic oxidation sites excluding steroid dienone is 1. The van der Waals surface area contributed by atoms with E-state index in [1.54, 1.807) is 0 Å². The number of hydrogen-bond donors (Lipinski definition) is 1. The predicted octanol–water partition coefficient (Wildman–Crippen LogP) is 2.86. The van der Waals surface area contributed by atoms with Crippen molar-refractivity contribution in [1.82, 2.24) is 0 Å². The van der Waals surface area contributed by atoms with Gasteiger partial charge < -0.3 is 5.73 Å². The molecule has 0 aliphatic heterocycles. The average molecular weight is 167 g/mol. The highest BCUT2D eigenvalue weighted by atomic mass is 14.6. The molecule has 2 N–H and O–H groups in total. The van der Waals surface area contributed by atoms with Crippen molar-refractivity contribution in [2.75, 3.05) is 0 Å². The van der Waals surface area contributed by atoms with Crippen molar-refractivity contribution in [1.29, 1.82) is 0 Å². The van der Waals surface area contributed by atoms with Gasteiger partial charge in [-0.25, -0.2) is 0 Å². The summed E-state index contributed by atoms with van der Waals surface area (Å²) in [5, 5.41) is 0. The van der Waals surface area contributed by atoms with Crippen molar-refractivity contribution >= 4 is 0 Å². The molecule has 0 heterocycles. The van der Waals surface area contributed by atoms with Gasteiger partial charge in [0.05, 0.1) is 0 Å². The lowest BCUT2D eigenvalue weighted by atomic mass is 10.0. The molecule has 0 saturated heterocycles. The zero-order chi connectivity index (χ0) is 8.81. The predicted molar refractivity (Wildman–Crippen MR) is 54.0 cm³/mol. The Morgan fingerprint density at radius 3 is 2.67 bits per heavy atom. The van der Waals surface area contributed by atoms with Crippen molar-refractivity contribution in [3.63, 3.8) is 0 Å². The fourth-order valence-corrected chi connectivity index (χ4v) is 1.94. The first-order valence-corrected chi connectivity index (χ1v) is 5.21. The number of hydrogen-bond acceptors (Lipinski definition) is 1. The highest BCUT2D eigenvalue weighted by molar-refractivity contribution is 4.89. The molecular weight excluding hydrogens is 146 g/mol. The molecule has 1 aliphatic carbocycles. The van der Waals surface area contributed by atoms with Gasteiger partial charge in [0.1, 0.15) is 0 Å². The molecule has 1 nitrogen and oxygen atoms in total. The van der Waals surface area contributed by atoms with Crippen LogP contribution in [0.2, 0.25) is 0 Å². The van der Waals surface area contributed by atoms with Crippen molar-refractivity contribution in [3.05, 3.63) is 12.2 Å². The van der Waals surface area contributed by atoms with Crippen LogP contribution >= 0.6 is 0 Å². The van der Waals surface area contributed by atoms with Gasteiger partial charge in [-0.2, -0.15) is 0 Å². The van der Waals surface area contributed by atoms with Gasteiger partial charge in [0.2, 0.25) is 0 Å². The molecule has 1 unspecified atom stereocenters. The van der Waals surface area contributed by atoms with Crippen LogP contribution in [-0.2, 0) is 0 Å². The normalized spacial score (nSPS) is 22.2. The maximum Gasteiger partial charge on any atom is 0.0194 e. The van der Waals surface area contributed by atoms with E-state index in [4.69, 9.17) is 5.73 Å². The van der Waals surface area contributed by atoms with E-state index >= 15 is 0 Å². The van der Waals surface area contributed by atoms with E-state index in [2.05, 4.69) is 12.2 Å². The van der Waals surface area contributed by atoms with Crippen LogP contribution < -0.4 is 5.73 Å². The van der Waals surface area contributed by atoms with Crippen LogP contribution in [0.3, 0.4) is 0 Å². The van der Waals surface area contributed by atoms with Gasteiger partial charge in [-0.15, -0.1) is 0 Å². The Labute approximate surface area is 76.0 Å². The van der Waals surface area contributed by atoms with Crippen LogP contribution in [0.4, 0.5) is 0 Å². The van der Waals surface area contributed by atoms with E-state index in [9.17, 15) is 0 Å². The molecule has 0 aromatic carbocycles. The minimum absolute atomic E-state index is 0.230. The molecule has 1 rings (SSSR count). The van der Waals surface area contributed by atoms with Gasteiger partial charge in [-0.05, 0) is 25.7 Å². The maximum atomic E-state index is 5.60. The Morgan fingerprint density at radius 1 is 1.42 bits per heavy atom. The topological polar surface area (TPSA) is 26.0 Å². The van der Waals surface area contributed by atoms with Crippen LogP contribution in [0, 0.1) is 5.92 Å². The van der Waals surface area contributed by atoms with Gasteiger partial charge in [0.15, 0.2) is 0 Å². The summed E-state index contributed by atoms with van der Waals surface area (Å²) >= 11 is 0. The number of nitrogens with two attached hydrogens (primary N) is 1. The summed E-state index contributed by atoms with van der Waals surface area (Å²) in [6.07, 6.45) is 12.8. The zero-order valence-electron chi connectivity index (χ0n) is 8.13. The Morgan fingerprint density at radius 2 is 2.08 bits per heavy atom. The second-order valence-corrected chi connectivity index (χ2v) is 4.02. The first-order chi connectivity index (χ1) is 5.79. The van der Waals surface area contributed by atoms with Crippen molar-refractivity contribution in [3.8, 4) is 0 Å². The van der Waals surface area contributed by atoms with E-state index in [0.717, 1.165) is 5.92 Å². The molecule has 12 heavy (non-hydrogen) atoms. The molecule has 1 atom stereocenters. The van der Waals surface area contributed by atoms with E-state index in [1.807, 2.05) is 6.92 Å². The second kappa shape index (κ2) is 5.36. The van der Waals surface area contributed by atoms with Crippen LogP contribution in [0.5, 0.6) is 0 Å². The summed E-state index contributed by atoms with van der Waals surface area (Å²) < 4.78 is 0. The smallest absolute Gasteiger partial charge is 0.0194 e. The fraction of sp³-hybridized carbons (Fsp3) is 0.818. The minimum atomic E-state index is 0.230. The SMILES string of the molecule is CC(N)/C=C/CCC1CCCC1. The van der Waals surface area contributed by atoms with Crippen LogP contribution in [0.1, 0.15) is 45.4 Å². The fourth-order valence-electron chi connectivity index (χ4n) is 1.94. The molecule has 1 fully saturated rings. The largest absolute Gasteiger partial charge is 0.325 e. The lowest BCUT2D eigenvalue weighted by molar-refractivity contribution is 0.508. The van der Waals surface area contributed by atoms with Crippen LogP contribution in [-0.4, -0.2) is 6.04 Å². The van der Waals surface area contributed by atoms with Gasteiger partial charge in [0.25, 0.3) is 0 Å². The van der Waals surface area contributed by atoms with Crippen molar-refractivity contribution < 1.29 is 0 Å². The molecule has 1 heteroatoms.